The van der Waals surface area contributed by atoms with Gasteiger partial charge in [0, 0.05) is 6.42 Å². The molecule has 0 aliphatic carbocycles. The number of nitrogen functional groups attached to an aromatic ring is 1. The molecule has 5 nitrogen and oxygen atoms in total. The van der Waals surface area contributed by atoms with Gasteiger partial charge < -0.3 is 15.2 Å². The molecular weight excluding hydrogens is 189 g/mol. The lowest BCUT2D eigenvalue weighted by Crippen LogP contribution is -2.17. The molecule has 14 heavy (non-hydrogen) atoms. The van der Waals surface area contributed by atoms with Crippen LogP contribution in [0.2, 0.25) is 0 Å². The molecule has 0 saturated carbocycles. The lowest BCUT2D eigenvalue weighted by atomic mass is 10.3. The lowest BCUT2D eigenvalue weighted by molar-refractivity contribution is 0.137. The van der Waals surface area contributed by atoms with Crippen LogP contribution in [0.1, 0.15) is 6.42 Å². The Morgan fingerprint density at radius 1 is 1.57 bits per heavy atom. The van der Waals surface area contributed by atoms with Crippen LogP contribution < -0.4 is 10.5 Å². The first-order valence-electron chi connectivity index (χ1n) is 4.28. The first-order valence-corrected chi connectivity index (χ1v) is 4.28. The summed E-state index contributed by atoms with van der Waals surface area (Å²) in [6.07, 6.45) is 0.717. The van der Waals surface area contributed by atoms with Gasteiger partial charge in [-0.1, -0.05) is 0 Å². The average Bonchev–Trinajstić information content (AvgIpc) is 2.54. The van der Waals surface area contributed by atoms with Crippen molar-refractivity contribution < 1.29 is 13.9 Å². The van der Waals surface area contributed by atoms with E-state index in [2.05, 4.69) is 9.97 Å². The monoisotopic (exact) mass is 199 g/mol. The molecular formula is C8H10FN3O2. The zero-order valence-electron chi connectivity index (χ0n) is 7.44. The molecule has 1 unspecified atom stereocenters. The highest BCUT2D eigenvalue weighted by molar-refractivity contribution is 5.21. The van der Waals surface area contributed by atoms with Gasteiger partial charge in [0.15, 0.2) is 0 Å². The molecule has 1 aliphatic heterocycles. The highest BCUT2D eigenvalue weighted by Crippen LogP contribution is 2.15. The number of nitrogens with two attached hydrogens (primary N) is 1. The Balaban J connectivity index is 2.07. The first-order chi connectivity index (χ1) is 6.74. The molecule has 0 spiro atoms. The summed E-state index contributed by atoms with van der Waals surface area (Å²) in [5.41, 5.74) is 5.26. The molecule has 0 radical (unpaired) electrons. The van der Waals surface area contributed by atoms with Crippen LogP contribution in [0.5, 0.6) is 5.88 Å². The predicted octanol–water partition coefficient (Wildman–Crippen LogP) is 0.366. The molecule has 2 heterocycles. The Labute approximate surface area is 80.1 Å². The number of ether oxygens (including phenoxy) is 2. The van der Waals surface area contributed by atoms with Crippen LogP contribution in [-0.2, 0) is 4.74 Å². The molecule has 1 aromatic rings. The maximum atomic E-state index is 12.8. The Morgan fingerprint density at radius 2 is 2.43 bits per heavy atom. The van der Waals surface area contributed by atoms with E-state index < -0.39 is 5.95 Å². The van der Waals surface area contributed by atoms with E-state index in [0.29, 0.717) is 13.2 Å². The molecule has 2 rings (SSSR count). The number of hydrogen-bond acceptors (Lipinski definition) is 5. The van der Waals surface area contributed by atoms with Crippen molar-refractivity contribution in [2.75, 3.05) is 18.9 Å². The normalized spacial score (nSPS) is 21.1. The van der Waals surface area contributed by atoms with Crippen molar-refractivity contribution in [2.45, 2.75) is 12.5 Å². The van der Waals surface area contributed by atoms with Gasteiger partial charge in [-0.3, -0.25) is 0 Å². The summed E-state index contributed by atoms with van der Waals surface area (Å²) in [5, 5.41) is 0. The molecule has 1 saturated heterocycles. The highest BCUT2D eigenvalue weighted by Gasteiger charge is 2.18. The van der Waals surface area contributed by atoms with Crippen LogP contribution >= 0.6 is 0 Å². The molecule has 2 N–H and O–H groups in total. The fourth-order valence-corrected chi connectivity index (χ4v) is 1.25. The van der Waals surface area contributed by atoms with Crippen molar-refractivity contribution in [1.29, 1.82) is 0 Å². The smallest absolute Gasteiger partial charge is 0.226 e. The van der Waals surface area contributed by atoms with E-state index in [4.69, 9.17) is 15.2 Å². The summed E-state index contributed by atoms with van der Waals surface area (Å²) >= 11 is 0. The first kappa shape index (κ1) is 9.14. The Kier molecular flexibility index (Phi) is 2.45. The van der Waals surface area contributed by atoms with Gasteiger partial charge in [-0.25, -0.2) is 0 Å². The van der Waals surface area contributed by atoms with Crippen LogP contribution in [-0.4, -0.2) is 29.3 Å². The molecule has 0 amide bonds. The standard InChI is InChI=1S/C8H10FN3O2/c9-6-3-7(12-8(10)11-6)14-5-1-2-13-4-5/h3,5H,1-2,4H2,(H2,10,11,12). The maximum Gasteiger partial charge on any atom is 0.226 e. The molecule has 1 aromatic heterocycles. The van der Waals surface area contributed by atoms with Crippen LogP contribution in [0.3, 0.4) is 0 Å². The molecule has 1 atom stereocenters. The minimum Gasteiger partial charge on any atom is -0.472 e. The van der Waals surface area contributed by atoms with Crippen molar-refractivity contribution in [3.63, 3.8) is 0 Å². The largest absolute Gasteiger partial charge is 0.472 e. The summed E-state index contributed by atoms with van der Waals surface area (Å²) in [4.78, 5) is 7.04. The number of halogens is 1. The fraction of sp³-hybridized carbons (Fsp3) is 0.500. The van der Waals surface area contributed by atoms with Gasteiger partial charge in [0.1, 0.15) is 6.10 Å². The number of hydrogen-bond donors (Lipinski definition) is 1. The van der Waals surface area contributed by atoms with Crippen molar-refractivity contribution >= 4 is 5.95 Å². The molecule has 76 valence electrons. The van der Waals surface area contributed by atoms with Crippen molar-refractivity contribution in [1.82, 2.24) is 9.97 Å². The van der Waals surface area contributed by atoms with Crippen LogP contribution in [0, 0.1) is 5.95 Å². The highest BCUT2D eigenvalue weighted by atomic mass is 19.1. The van der Waals surface area contributed by atoms with E-state index in [1.807, 2.05) is 0 Å². The van der Waals surface area contributed by atoms with Gasteiger partial charge in [-0.05, 0) is 0 Å². The minimum atomic E-state index is -0.689. The van der Waals surface area contributed by atoms with Crippen LogP contribution in [0.15, 0.2) is 6.07 Å². The van der Waals surface area contributed by atoms with Crippen LogP contribution in [0.4, 0.5) is 10.3 Å². The summed E-state index contributed by atoms with van der Waals surface area (Å²) in [5.74, 6) is -0.657. The fourth-order valence-electron chi connectivity index (χ4n) is 1.25. The molecule has 1 aliphatic rings. The third-order valence-corrected chi connectivity index (χ3v) is 1.86. The van der Waals surface area contributed by atoms with E-state index in [9.17, 15) is 4.39 Å². The third kappa shape index (κ3) is 2.08. The second kappa shape index (κ2) is 3.75. The van der Waals surface area contributed by atoms with Gasteiger partial charge in [-0.15, -0.1) is 0 Å². The molecule has 1 fully saturated rings. The summed E-state index contributed by atoms with van der Waals surface area (Å²) in [7, 11) is 0. The van der Waals surface area contributed by atoms with Gasteiger partial charge in [0.2, 0.25) is 17.8 Å². The van der Waals surface area contributed by atoms with Crippen molar-refractivity contribution in [3.8, 4) is 5.88 Å². The lowest BCUT2D eigenvalue weighted by Gasteiger charge is -2.10. The zero-order valence-corrected chi connectivity index (χ0v) is 7.44. The topological polar surface area (TPSA) is 70.3 Å². The molecule has 0 bridgehead atoms. The van der Waals surface area contributed by atoms with E-state index in [0.717, 1.165) is 12.5 Å². The number of aromatic nitrogens is 2. The quantitative estimate of drug-likeness (QED) is 0.696. The number of rotatable bonds is 2. The maximum absolute atomic E-state index is 12.8. The summed E-state index contributed by atoms with van der Waals surface area (Å²) < 4.78 is 23.2. The van der Waals surface area contributed by atoms with Gasteiger partial charge in [-0.2, -0.15) is 14.4 Å². The minimum absolute atomic E-state index is 0.0660. The van der Waals surface area contributed by atoms with Gasteiger partial charge in [0.05, 0.1) is 19.3 Å². The third-order valence-electron chi connectivity index (χ3n) is 1.86. The van der Waals surface area contributed by atoms with Crippen LogP contribution in [0.25, 0.3) is 0 Å². The number of nitrogens with zero attached hydrogens (tertiary/aromatic N) is 2. The Hall–Kier alpha value is -1.43. The zero-order chi connectivity index (χ0) is 9.97. The summed E-state index contributed by atoms with van der Waals surface area (Å²) in [6.45, 7) is 1.17. The second-order valence-corrected chi connectivity index (χ2v) is 2.99. The average molecular weight is 199 g/mol. The molecule has 6 heteroatoms. The van der Waals surface area contributed by atoms with Crippen molar-refractivity contribution in [3.05, 3.63) is 12.0 Å². The SMILES string of the molecule is Nc1nc(F)cc(OC2CCOC2)n1. The van der Waals surface area contributed by atoms with Crippen molar-refractivity contribution in [2.24, 2.45) is 0 Å². The van der Waals surface area contributed by atoms with E-state index in [-0.39, 0.29) is 17.9 Å². The van der Waals surface area contributed by atoms with Gasteiger partial charge >= 0.3 is 0 Å². The number of anilines is 1. The van der Waals surface area contributed by atoms with Gasteiger partial charge in [0.25, 0.3) is 0 Å². The predicted molar refractivity (Wildman–Crippen MR) is 46.3 cm³/mol. The molecule has 0 aromatic carbocycles. The second-order valence-electron chi connectivity index (χ2n) is 2.99. The van der Waals surface area contributed by atoms with E-state index in [1.54, 1.807) is 0 Å². The Morgan fingerprint density at radius 3 is 3.07 bits per heavy atom. The Bertz CT molecular complexity index is 308. The van der Waals surface area contributed by atoms with E-state index >= 15 is 0 Å². The van der Waals surface area contributed by atoms with E-state index in [1.165, 1.54) is 0 Å². The summed E-state index contributed by atoms with van der Waals surface area (Å²) in [6, 6.07) is 1.11.